The Morgan fingerprint density at radius 2 is 1.79 bits per heavy atom. The number of para-hydroxylation sites is 1. The number of pyridine rings is 1. The van der Waals surface area contributed by atoms with Crippen molar-refractivity contribution in [3.63, 3.8) is 0 Å². The normalized spacial score (nSPS) is 9.54. The molecule has 1 amide bonds. The molecule has 0 atom stereocenters. The van der Waals surface area contributed by atoms with Crippen LogP contribution in [0.5, 0.6) is 17.4 Å². The summed E-state index contributed by atoms with van der Waals surface area (Å²) in [6.07, 6.45) is 2.07. The quantitative estimate of drug-likeness (QED) is 0.251. The van der Waals surface area contributed by atoms with Gasteiger partial charge in [-0.25, -0.2) is 10.8 Å². The number of ether oxygens (including phenoxy) is 2. The molecular formula is C21H24N4O3. The molecule has 0 aliphatic carbocycles. The Kier molecular flexibility index (Phi) is 8.29. The summed E-state index contributed by atoms with van der Waals surface area (Å²) in [4.78, 5) is 13.2. The van der Waals surface area contributed by atoms with Crippen molar-refractivity contribution in [3.05, 3.63) is 78.0 Å². The zero-order chi connectivity index (χ0) is 20.2. The predicted molar refractivity (Wildman–Crippen MR) is 109 cm³/mol. The lowest BCUT2D eigenvalue weighted by molar-refractivity contribution is -0.109. The largest absolute Gasteiger partial charge is 0.473 e. The zero-order valence-electron chi connectivity index (χ0n) is 15.9. The number of rotatable bonds is 7. The monoisotopic (exact) mass is 380 g/mol. The van der Waals surface area contributed by atoms with Crippen molar-refractivity contribution < 1.29 is 14.3 Å². The highest BCUT2D eigenvalue weighted by molar-refractivity contribution is 5.53. The Morgan fingerprint density at radius 1 is 1.04 bits per heavy atom. The third-order valence-corrected chi connectivity index (χ3v) is 3.80. The van der Waals surface area contributed by atoms with Gasteiger partial charge < -0.3 is 14.8 Å². The van der Waals surface area contributed by atoms with Crippen LogP contribution < -0.4 is 26.1 Å². The van der Waals surface area contributed by atoms with Crippen LogP contribution in [-0.2, 0) is 11.4 Å². The summed E-state index contributed by atoms with van der Waals surface area (Å²) in [5.41, 5.74) is 5.14. The number of aryl methyl sites for hydroxylation is 1. The van der Waals surface area contributed by atoms with E-state index in [1.807, 2.05) is 61.6 Å². The molecule has 0 fully saturated rings. The van der Waals surface area contributed by atoms with E-state index in [0.29, 0.717) is 24.6 Å². The van der Waals surface area contributed by atoms with Crippen molar-refractivity contribution in [2.75, 3.05) is 12.4 Å². The number of hydrogen-bond donors (Lipinski definition) is 3. The maximum absolute atomic E-state index is 8.94. The molecule has 146 valence electrons. The molecule has 7 nitrogen and oxygen atoms in total. The lowest BCUT2D eigenvalue weighted by Gasteiger charge is -2.13. The summed E-state index contributed by atoms with van der Waals surface area (Å²) in [6.45, 7) is 2.54. The molecular weight excluding hydrogens is 356 g/mol. The van der Waals surface area contributed by atoms with Crippen molar-refractivity contribution >= 4 is 12.1 Å². The van der Waals surface area contributed by atoms with Gasteiger partial charge in [0.25, 0.3) is 0 Å². The van der Waals surface area contributed by atoms with E-state index in [9.17, 15) is 0 Å². The number of anilines is 1. The standard InChI is InChI=1S/C20H20N2O2.CH4N2O/c1-15-7-6-10-19(21-2)18(15)14-23-20-12-11-17(13-22-20)24-16-8-4-3-5-9-16;2-3-1-4/h3-13,21H,14H2,1-2H3;1H,2H2,(H,3,4). The minimum Gasteiger partial charge on any atom is -0.473 e. The van der Waals surface area contributed by atoms with Gasteiger partial charge in [-0.3, -0.25) is 10.2 Å². The topological polar surface area (TPSA) is 98.5 Å². The van der Waals surface area contributed by atoms with Gasteiger partial charge in [0.15, 0.2) is 0 Å². The first-order valence-corrected chi connectivity index (χ1v) is 8.65. The Bertz CT molecular complexity index is 855. The summed E-state index contributed by atoms with van der Waals surface area (Å²) in [6, 6.07) is 19.4. The second-order valence-corrected chi connectivity index (χ2v) is 5.67. The van der Waals surface area contributed by atoms with Crippen LogP contribution in [0.4, 0.5) is 5.69 Å². The molecule has 2 aromatic carbocycles. The smallest absolute Gasteiger partial charge is 0.221 e. The van der Waals surface area contributed by atoms with Crippen LogP contribution in [0.1, 0.15) is 11.1 Å². The van der Waals surface area contributed by atoms with Crippen LogP contribution in [0.15, 0.2) is 66.9 Å². The first-order chi connectivity index (χ1) is 13.7. The molecule has 0 saturated carbocycles. The van der Waals surface area contributed by atoms with Crippen LogP contribution in [0.25, 0.3) is 0 Å². The Labute approximate surface area is 164 Å². The summed E-state index contributed by atoms with van der Waals surface area (Å²) < 4.78 is 11.5. The number of nitrogens with zero attached hydrogens (tertiary/aromatic N) is 1. The van der Waals surface area contributed by atoms with Crippen molar-refractivity contribution in [1.29, 1.82) is 0 Å². The molecule has 0 aliphatic rings. The number of carbonyl (C=O) groups excluding carboxylic acids is 1. The highest BCUT2D eigenvalue weighted by Gasteiger charge is 2.06. The number of carbonyl (C=O) groups is 1. The second-order valence-electron chi connectivity index (χ2n) is 5.67. The lowest BCUT2D eigenvalue weighted by atomic mass is 10.1. The number of benzene rings is 2. The third-order valence-electron chi connectivity index (χ3n) is 3.80. The number of nitrogens with two attached hydrogens (primary N) is 1. The van der Waals surface area contributed by atoms with Crippen LogP contribution in [0.2, 0.25) is 0 Å². The lowest BCUT2D eigenvalue weighted by Crippen LogP contribution is -2.18. The van der Waals surface area contributed by atoms with E-state index in [1.165, 1.54) is 5.56 Å². The number of hydrogen-bond acceptors (Lipinski definition) is 6. The Balaban J connectivity index is 0.000000640. The fraction of sp³-hybridized carbons (Fsp3) is 0.143. The minimum atomic E-state index is 0.403. The van der Waals surface area contributed by atoms with Crippen molar-refractivity contribution in [1.82, 2.24) is 10.4 Å². The van der Waals surface area contributed by atoms with Crippen molar-refractivity contribution in [2.45, 2.75) is 13.5 Å². The average molecular weight is 380 g/mol. The average Bonchev–Trinajstić information content (AvgIpc) is 2.74. The number of amides is 1. The molecule has 1 aromatic heterocycles. The van der Waals surface area contributed by atoms with E-state index in [4.69, 9.17) is 14.3 Å². The maximum Gasteiger partial charge on any atom is 0.221 e. The first kappa shape index (κ1) is 20.7. The van der Waals surface area contributed by atoms with E-state index < -0.39 is 0 Å². The molecule has 28 heavy (non-hydrogen) atoms. The summed E-state index contributed by atoms with van der Waals surface area (Å²) in [7, 11) is 1.91. The van der Waals surface area contributed by atoms with Crippen LogP contribution in [0, 0.1) is 6.92 Å². The van der Waals surface area contributed by atoms with Crippen molar-refractivity contribution in [3.8, 4) is 17.4 Å². The Hall–Kier alpha value is -3.58. The van der Waals surface area contributed by atoms with Gasteiger partial charge in [0.1, 0.15) is 18.1 Å². The van der Waals surface area contributed by atoms with Gasteiger partial charge in [0.2, 0.25) is 12.3 Å². The highest BCUT2D eigenvalue weighted by Crippen LogP contribution is 2.24. The van der Waals surface area contributed by atoms with Crippen LogP contribution in [-0.4, -0.2) is 18.4 Å². The van der Waals surface area contributed by atoms with E-state index in [-0.39, 0.29) is 0 Å². The number of aromatic nitrogens is 1. The van der Waals surface area contributed by atoms with Crippen molar-refractivity contribution in [2.24, 2.45) is 5.84 Å². The van der Waals surface area contributed by atoms with Crippen LogP contribution in [0.3, 0.4) is 0 Å². The van der Waals surface area contributed by atoms with Gasteiger partial charge in [-0.05, 0) is 36.8 Å². The van der Waals surface area contributed by atoms with Gasteiger partial charge in [0.05, 0.1) is 6.20 Å². The number of hydrazine groups is 1. The maximum atomic E-state index is 8.94. The molecule has 0 unspecified atom stereocenters. The van der Waals surface area contributed by atoms with Gasteiger partial charge in [-0.15, -0.1) is 0 Å². The predicted octanol–water partition coefficient (Wildman–Crippen LogP) is 3.41. The highest BCUT2D eigenvalue weighted by atomic mass is 16.5. The molecule has 1 heterocycles. The summed E-state index contributed by atoms with van der Waals surface area (Å²) in [5, 5.41) is 3.19. The van der Waals surface area contributed by atoms with Crippen LogP contribution >= 0.6 is 0 Å². The third kappa shape index (κ3) is 6.30. The molecule has 0 radical (unpaired) electrons. The molecule has 0 saturated heterocycles. The molecule has 0 bridgehead atoms. The molecule has 3 rings (SSSR count). The minimum absolute atomic E-state index is 0.403. The first-order valence-electron chi connectivity index (χ1n) is 8.65. The fourth-order valence-electron chi connectivity index (χ4n) is 2.41. The van der Waals surface area contributed by atoms with Gasteiger partial charge in [-0.1, -0.05) is 30.3 Å². The SMILES string of the molecule is CNc1cccc(C)c1COc1ccc(Oc2ccccc2)cn1.NNC=O. The summed E-state index contributed by atoms with van der Waals surface area (Å²) in [5.74, 6) is 6.44. The van der Waals surface area contributed by atoms with Gasteiger partial charge in [0, 0.05) is 24.4 Å². The Morgan fingerprint density at radius 3 is 2.39 bits per heavy atom. The molecule has 7 heteroatoms. The molecule has 0 aliphatic heterocycles. The van der Waals surface area contributed by atoms with E-state index >= 15 is 0 Å². The van der Waals surface area contributed by atoms with E-state index in [2.05, 4.69) is 29.1 Å². The molecule has 4 N–H and O–H groups in total. The molecule has 0 spiro atoms. The fourth-order valence-corrected chi connectivity index (χ4v) is 2.41. The van der Waals surface area contributed by atoms with E-state index in [0.717, 1.165) is 17.0 Å². The van der Waals surface area contributed by atoms with E-state index in [1.54, 1.807) is 11.6 Å². The number of nitrogens with one attached hydrogen (secondary N) is 2. The van der Waals surface area contributed by atoms with Gasteiger partial charge in [-0.2, -0.15) is 0 Å². The van der Waals surface area contributed by atoms with Gasteiger partial charge >= 0.3 is 0 Å². The zero-order valence-corrected chi connectivity index (χ0v) is 15.9. The molecule has 3 aromatic rings. The second kappa shape index (κ2) is 11.2. The summed E-state index contributed by atoms with van der Waals surface area (Å²) >= 11 is 0.